The van der Waals surface area contributed by atoms with Crippen molar-refractivity contribution in [3.63, 3.8) is 0 Å². The summed E-state index contributed by atoms with van der Waals surface area (Å²) in [4.78, 5) is 13.8. The molecule has 0 bridgehead atoms. The maximum Gasteiger partial charge on any atom is 0.416 e. The van der Waals surface area contributed by atoms with Gasteiger partial charge in [-0.3, -0.25) is 4.79 Å². The number of carbonyl (C=O) groups excluding carboxylic acids is 1. The van der Waals surface area contributed by atoms with E-state index in [0.717, 1.165) is 37.0 Å². The van der Waals surface area contributed by atoms with Gasteiger partial charge in [-0.15, -0.1) is 0 Å². The molecule has 0 saturated heterocycles. The zero-order valence-corrected chi connectivity index (χ0v) is 11.4. The lowest BCUT2D eigenvalue weighted by Crippen LogP contribution is -2.32. The molecule has 110 valence electrons. The summed E-state index contributed by atoms with van der Waals surface area (Å²) in [5.41, 5.74) is 0.0912. The normalized spacial score (nSPS) is 15.2. The van der Waals surface area contributed by atoms with E-state index in [1.54, 1.807) is 4.90 Å². The van der Waals surface area contributed by atoms with Crippen molar-refractivity contribution >= 4 is 5.91 Å². The van der Waals surface area contributed by atoms with Crippen LogP contribution in [0.2, 0.25) is 0 Å². The lowest BCUT2D eigenvalue weighted by Gasteiger charge is -2.22. The number of rotatable bonds is 5. The molecule has 1 aromatic rings. The molecule has 1 saturated carbocycles. The topological polar surface area (TPSA) is 20.3 Å². The molecule has 0 unspecified atom stereocenters. The first-order valence-corrected chi connectivity index (χ1v) is 6.87. The van der Waals surface area contributed by atoms with Crippen molar-refractivity contribution in [2.24, 2.45) is 0 Å². The molecule has 1 amide bonds. The van der Waals surface area contributed by atoms with Gasteiger partial charge in [0.15, 0.2) is 0 Å². The molecule has 2 nitrogen and oxygen atoms in total. The first kappa shape index (κ1) is 14.9. The number of amides is 1. The number of benzene rings is 1. The fraction of sp³-hybridized carbons (Fsp3) is 0.533. The summed E-state index contributed by atoms with van der Waals surface area (Å²) < 4.78 is 37.5. The van der Waals surface area contributed by atoms with Crippen LogP contribution in [0.4, 0.5) is 13.2 Å². The van der Waals surface area contributed by atoms with Crippen molar-refractivity contribution < 1.29 is 18.0 Å². The van der Waals surface area contributed by atoms with Crippen molar-refractivity contribution in [1.29, 1.82) is 0 Å². The third-order valence-corrected chi connectivity index (χ3v) is 3.41. The van der Waals surface area contributed by atoms with Gasteiger partial charge in [-0.2, -0.15) is 13.2 Å². The largest absolute Gasteiger partial charge is 0.416 e. The van der Waals surface area contributed by atoms with E-state index in [9.17, 15) is 18.0 Å². The van der Waals surface area contributed by atoms with Crippen molar-refractivity contribution in [1.82, 2.24) is 4.90 Å². The van der Waals surface area contributed by atoms with Gasteiger partial charge in [0.25, 0.3) is 0 Å². The van der Waals surface area contributed by atoms with Crippen LogP contribution in [0.25, 0.3) is 0 Å². The summed E-state index contributed by atoms with van der Waals surface area (Å²) in [6.45, 7) is 2.35. The number of hydrogen-bond donors (Lipinski definition) is 0. The molecule has 0 radical (unpaired) electrons. The van der Waals surface area contributed by atoms with Crippen molar-refractivity contribution in [2.75, 3.05) is 0 Å². The number of alkyl halides is 3. The number of nitrogens with zero attached hydrogens (tertiary/aromatic N) is 1. The van der Waals surface area contributed by atoms with E-state index >= 15 is 0 Å². The molecule has 1 fully saturated rings. The van der Waals surface area contributed by atoms with E-state index in [1.807, 2.05) is 6.92 Å². The van der Waals surface area contributed by atoms with Crippen molar-refractivity contribution in [3.05, 3.63) is 35.4 Å². The second kappa shape index (κ2) is 5.85. The van der Waals surface area contributed by atoms with E-state index in [4.69, 9.17) is 0 Å². The molecule has 2 rings (SSSR count). The van der Waals surface area contributed by atoms with Gasteiger partial charge in [0.1, 0.15) is 0 Å². The second-order valence-corrected chi connectivity index (χ2v) is 5.20. The third-order valence-electron chi connectivity index (χ3n) is 3.41. The molecule has 1 aliphatic carbocycles. The van der Waals surface area contributed by atoms with Crippen LogP contribution in [0.3, 0.4) is 0 Å². The monoisotopic (exact) mass is 285 g/mol. The van der Waals surface area contributed by atoms with Gasteiger partial charge >= 0.3 is 6.18 Å². The minimum atomic E-state index is -4.31. The van der Waals surface area contributed by atoms with Gasteiger partial charge in [0.2, 0.25) is 5.91 Å². The van der Waals surface area contributed by atoms with E-state index in [0.29, 0.717) is 13.0 Å². The molecule has 0 atom stereocenters. The Morgan fingerprint density at radius 1 is 1.25 bits per heavy atom. The molecular weight excluding hydrogens is 267 g/mol. The maximum absolute atomic E-state index is 12.5. The highest BCUT2D eigenvalue weighted by atomic mass is 19.4. The first-order valence-electron chi connectivity index (χ1n) is 6.87. The SMILES string of the molecule is CCCC(=O)N(Cc1ccc(C(F)(F)F)cc1)C1CC1. The molecule has 0 spiro atoms. The minimum absolute atomic E-state index is 0.0925. The molecule has 0 N–H and O–H groups in total. The smallest absolute Gasteiger partial charge is 0.335 e. The molecule has 5 heteroatoms. The number of hydrogen-bond acceptors (Lipinski definition) is 1. The van der Waals surface area contributed by atoms with Crippen molar-refractivity contribution in [3.8, 4) is 0 Å². The fourth-order valence-electron chi connectivity index (χ4n) is 2.16. The summed E-state index contributed by atoms with van der Waals surface area (Å²) in [6, 6.07) is 5.33. The average molecular weight is 285 g/mol. The molecule has 0 aliphatic heterocycles. The van der Waals surface area contributed by atoms with Gasteiger partial charge < -0.3 is 4.90 Å². The zero-order valence-electron chi connectivity index (χ0n) is 11.4. The molecule has 20 heavy (non-hydrogen) atoms. The van der Waals surface area contributed by atoms with Crippen LogP contribution in [0.15, 0.2) is 24.3 Å². The molecular formula is C15H18F3NO. The van der Waals surface area contributed by atoms with E-state index < -0.39 is 11.7 Å². The summed E-state index contributed by atoms with van der Waals surface area (Å²) in [7, 11) is 0. The van der Waals surface area contributed by atoms with Crippen LogP contribution in [-0.2, 0) is 17.5 Å². The van der Waals surface area contributed by atoms with Crippen LogP contribution in [0, 0.1) is 0 Å². The summed E-state index contributed by atoms with van der Waals surface area (Å²) >= 11 is 0. The molecule has 1 aliphatic rings. The average Bonchev–Trinajstić information content (AvgIpc) is 3.20. The van der Waals surface area contributed by atoms with E-state index in [-0.39, 0.29) is 11.9 Å². The Bertz CT molecular complexity index is 463. The first-order chi connectivity index (χ1) is 9.41. The van der Waals surface area contributed by atoms with Crippen LogP contribution in [0.5, 0.6) is 0 Å². The van der Waals surface area contributed by atoms with E-state index in [2.05, 4.69) is 0 Å². The van der Waals surface area contributed by atoms with Gasteiger partial charge in [0, 0.05) is 19.0 Å². The Morgan fingerprint density at radius 2 is 1.85 bits per heavy atom. The zero-order chi connectivity index (χ0) is 14.8. The number of halogens is 3. The predicted molar refractivity (Wildman–Crippen MR) is 69.9 cm³/mol. The van der Waals surface area contributed by atoms with Crippen molar-refractivity contribution in [2.45, 2.75) is 51.4 Å². The fourth-order valence-corrected chi connectivity index (χ4v) is 2.16. The van der Waals surface area contributed by atoms with E-state index in [1.165, 1.54) is 12.1 Å². The second-order valence-electron chi connectivity index (χ2n) is 5.20. The van der Waals surface area contributed by atoms with Gasteiger partial charge in [-0.25, -0.2) is 0 Å². The lowest BCUT2D eigenvalue weighted by molar-refractivity contribution is -0.137. The summed E-state index contributed by atoms with van der Waals surface area (Å²) in [6.07, 6.45) is -1.04. The Morgan fingerprint density at radius 3 is 2.30 bits per heavy atom. The minimum Gasteiger partial charge on any atom is -0.335 e. The quantitative estimate of drug-likeness (QED) is 0.801. The molecule has 0 aromatic heterocycles. The van der Waals surface area contributed by atoms with Crippen LogP contribution in [0.1, 0.15) is 43.7 Å². The molecule has 1 aromatic carbocycles. The maximum atomic E-state index is 12.5. The highest BCUT2D eigenvalue weighted by Crippen LogP contribution is 2.31. The Hall–Kier alpha value is -1.52. The van der Waals surface area contributed by atoms with Crippen LogP contribution in [-0.4, -0.2) is 16.8 Å². The van der Waals surface area contributed by atoms with Gasteiger partial charge in [0.05, 0.1) is 5.56 Å². The molecule has 0 heterocycles. The van der Waals surface area contributed by atoms with Crippen LogP contribution >= 0.6 is 0 Å². The Kier molecular flexibility index (Phi) is 4.35. The summed E-state index contributed by atoms with van der Waals surface area (Å²) in [5, 5.41) is 0. The lowest BCUT2D eigenvalue weighted by atomic mass is 10.1. The van der Waals surface area contributed by atoms with Crippen LogP contribution < -0.4 is 0 Å². The standard InChI is InChI=1S/C15H18F3NO/c1-2-3-14(20)19(13-8-9-13)10-11-4-6-12(7-5-11)15(16,17)18/h4-7,13H,2-3,8-10H2,1H3. The third kappa shape index (κ3) is 3.74. The highest BCUT2D eigenvalue weighted by molar-refractivity contribution is 5.76. The summed E-state index contributed by atoms with van der Waals surface area (Å²) in [5.74, 6) is 0.0925. The predicted octanol–water partition coefficient (Wildman–Crippen LogP) is 4.00. The van der Waals surface area contributed by atoms with Gasteiger partial charge in [-0.05, 0) is 37.0 Å². The van der Waals surface area contributed by atoms with Gasteiger partial charge in [-0.1, -0.05) is 19.1 Å². The highest BCUT2D eigenvalue weighted by Gasteiger charge is 2.33. The number of carbonyl (C=O) groups is 1. The Labute approximate surface area is 116 Å². The Balaban J connectivity index is 2.05.